The molecule has 1 aromatic carbocycles. The molecule has 1 atom stereocenters. The van der Waals surface area contributed by atoms with Crippen molar-refractivity contribution in [3.05, 3.63) is 29.8 Å². The van der Waals surface area contributed by atoms with E-state index in [0.29, 0.717) is 17.8 Å². The highest BCUT2D eigenvalue weighted by Crippen LogP contribution is 2.45. The zero-order valence-electron chi connectivity index (χ0n) is 17.8. The van der Waals surface area contributed by atoms with Gasteiger partial charge < -0.3 is 15.0 Å². The molecule has 2 heterocycles. The van der Waals surface area contributed by atoms with E-state index in [1.165, 1.54) is 9.80 Å². The Labute approximate surface area is 176 Å². The van der Waals surface area contributed by atoms with Gasteiger partial charge in [0.25, 0.3) is 11.8 Å². The molecular weight excluding hydrogens is 386 g/mol. The van der Waals surface area contributed by atoms with Crippen molar-refractivity contribution in [2.24, 2.45) is 5.92 Å². The molecule has 0 saturated carbocycles. The summed E-state index contributed by atoms with van der Waals surface area (Å²) < 4.78 is 5.36. The number of para-hydroxylation sites is 1. The van der Waals surface area contributed by atoms with E-state index in [-0.39, 0.29) is 37.1 Å². The zero-order chi connectivity index (χ0) is 21.9. The second-order valence-corrected chi connectivity index (χ2v) is 8.15. The standard InChI is InChI=1S/C22H29N3O5/c1-4-5-12-23-18(26)14-30-21(29)22-11-10-19(27)25(22)17-9-7-6-8-16(17)20(28)24(22)13-15(2)3/h6-9,15H,4-5,10-14H2,1-3H3,(H,23,26)/t22-/m1/s1. The van der Waals surface area contributed by atoms with Gasteiger partial charge in [0.1, 0.15) is 0 Å². The number of nitrogens with one attached hydrogen (secondary N) is 1. The lowest BCUT2D eigenvalue weighted by Gasteiger charge is -2.48. The Kier molecular flexibility index (Phi) is 6.43. The summed E-state index contributed by atoms with van der Waals surface area (Å²) in [6.45, 7) is 6.24. The number of ether oxygens (including phenoxy) is 1. The molecule has 0 bridgehead atoms. The molecule has 1 aromatic rings. The number of esters is 1. The summed E-state index contributed by atoms with van der Waals surface area (Å²) in [5.74, 6) is -1.63. The minimum atomic E-state index is -1.56. The number of carbonyl (C=O) groups excluding carboxylic acids is 4. The van der Waals surface area contributed by atoms with Crippen molar-refractivity contribution in [3.63, 3.8) is 0 Å². The fraction of sp³-hybridized carbons (Fsp3) is 0.545. The second kappa shape index (κ2) is 8.85. The largest absolute Gasteiger partial charge is 0.452 e. The molecule has 1 fully saturated rings. The number of benzene rings is 1. The maximum Gasteiger partial charge on any atom is 0.354 e. The molecule has 3 rings (SSSR count). The highest BCUT2D eigenvalue weighted by Gasteiger charge is 2.62. The van der Waals surface area contributed by atoms with Crippen LogP contribution in [0, 0.1) is 5.92 Å². The van der Waals surface area contributed by atoms with Gasteiger partial charge in [0.2, 0.25) is 11.6 Å². The molecule has 0 spiro atoms. The highest BCUT2D eigenvalue weighted by molar-refractivity contribution is 6.15. The van der Waals surface area contributed by atoms with Crippen LogP contribution >= 0.6 is 0 Å². The van der Waals surface area contributed by atoms with Crippen LogP contribution in [0.2, 0.25) is 0 Å². The first-order valence-corrected chi connectivity index (χ1v) is 10.5. The van der Waals surface area contributed by atoms with Gasteiger partial charge in [0.05, 0.1) is 11.3 Å². The van der Waals surface area contributed by atoms with Gasteiger partial charge in [-0.05, 0) is 24.5 Å². The summed E-state index contributed by atoms with van der Waals surface area (Å²) >= 11 is 0. The third-order valence-corrected chi connectivity index (χ3v) is 5.44. The Morgan fingerprint density at radius 3 is 2.67 bits per heavy atom. The summed E-state index contributed by atoms with van der Waals surface area (Å²) in [5.41, 5.74) is -0.764. The number of unbranched alkanes of at least 4 members (excludes halogenated alkanes) is 1. The monoisotopic (exact) mass is 415 g/mol. The van der Waals surface area contributed by atoms with E-state index >= 15 is 0 Å². The molecule has 2 aliphatic rings. The predicted octanol–water partition coefficient (Wildman–Crippen LogP) is 2.08. The number of hydrogen-bond donors (Lipinski definition) is 1. The van der Waals surface area contributed by atoms with E-state index in [1.807, 2.05) is 20.8 Å². The van der Waals surface area contributed by atoms with E-state index in [1.54, 1.807) is 24.3 Å². The Morgan fingerprint density at radius 1 is 1.23 bits per heavy atom. The first-order chi connectivity index (χ1) is 14.3. The van der Waals surface area contributed by atoms with Gasteiger partial charge in [0.15, 0.2) is 6.61 Å². The van der Waals surface area contributed by atoms with Gasteiger partial charge in [-0.2, -0.15) is 0 Å². The van der Waals surface area contributed by atoms with Gasteiger partial charge in [0, 0.05) is 25.9 Å². The van der Waals surface area contributed by atoms with E-state index in [0.717, 1.165) is 12.8 Å². The normalized spacial score (nSPS) is 20.3. The first-order valence-electron chi connectivity index (χ1n) is 10.5. The quantitative estimate of drug-likeness (QED) is 0.518. The Bertz CT molecular complexity index is 853. The van der Waals surface area contributed by atoms with Gasteiger partial charge in [-0.25, -0.2) is 4.79 Å². The lowest BCUT2D eigenvalue weighted by atomic mass is 9.95. The molecule has 0 radical (unpaired) electrons. The van der Waals surface area contributed by atoms with Gasteiger partial charge >= 0.3 is 5.97 Å². The van der Waals surface area contributed by atoms with Crippen LogP contribution in [0.15, 0.2) is 24.3 Å². The van der Waals surface area contributed by atoms with Gasteiger partial charge in [-0.1, -0.05) is 39.3 Å². The zero-order valence-corrected chi connectivity index (χ0v) is 17.8. The predicted molar refractivity (Wildman–Crippen MR) is 111 cm³/mol. The van der Waals surface area contributed by atoms with E-state index in [2.05, 4.69) is 5.32 Å². The molecule has 0 unspecified atom stereocenters. The SMILES string of the molecule is CCCCNC(=O)COC(=O)[C@@]12CCC(=O)N1c1ccccc1C(=O)N2CC(C)C. The van der Waals surface area contributed by atoms with Crippen LogP contribution in [0.5, 0.6) is 0 Å². The molecule has 0 aliphatic carbocycles. The van der Waals surface area contributed by atoms with Crippen molar-refractivity contribution in [2.45, 2.75) is 52.1 Å². The molecule has 30 heavy (non-hydrogen) atoms. The topological polar surface area (TPSA) is 96.0 Å². The van der Waals surface area contributed by atoms with Crippen LogP contribution < -0.4 is 10.2 Å². The third-order valence-electron chi connectivity index (χ3n) is 5.44. The average Bonchev–Trinajstić information content (AvgIpc) is 3.07. The molecule has 1 N–H and O–H groups in total. The maximum absolute atomic E-state index is 13.3. The van der Waals surface area contributed by atoms with E-state index in [4.69, 9.17) is 4.74 Å². The Hall–Kier alpha value is -2.90. The van der Waals surface area contributed by atoms with Crippen molar-refractivity contribution in [1.82, 2.24) is 10.2 Å². The molecular formula is C22H29N3O5. The van der Waals surface area contributed by atoms with Crippen LogP contribution in [0.25, 0.3) is 0 Å². The van der Waals surface area contributed by atoms with E-state index in [9.17, 15) is 19.2 Å². The molecule has 8 heteroatoms. The number of hydrogen-bond acceptors (Lipinski definition) is 5. The second-order valence-electron chi connectivity index (χ2n) is 8.15. The smallest absolute Gasteiger partial charge is 0.354 e. The summed E-state index contributed by atoms with van der Waals surface area (Å²) in [4.78, 5) is 54.4. The molecule has 8 nitrogen and oxygen atoms in total. The fourth-order valence-corrected chi connectivity index (χ4v) is 4.07. The third kappa shape index (κ3) is 3.78. The van der Waals surface area contributed by atoms with Crippen molar-refractivity contribution >= 4 is 29.4 Å². The van der Waals surface area contributed by atoms with Crippen LogP contribution in [0.4, 0.5) is 5.69 Å². The fourth-order valence-electron chi connectivity index (χ4n) is 4.07. The van der Waals surface area contributed by atoms with Crippen LogP contribution in [-0.4, -0.2) is 54.0 Å². The van der Waals surface area contributed by atoms with Crippen LogP contribution in [-0.2, 0) is 19.1 Å². The molecule has 0 aromatic heterocycles. The Balaban J connectivity index is 1.93. The van der Waals surface area contributed by atoms with E-state index < -0.39 is 24.1 Å². The number of nitrogens with zero attached hydrogens (tertiary/aromatic N) is 2. The minimum absolute atomic E-state index is 0.0683. The number of anilines is 1. The number of rotatable bonds is 8. The van der Waals surface area contributed by atoms with Crippen LogP contribution in [0.3, 0.4) is 0 Å². The van der Waals surface area contributed by atoms with Crippen molar-refractivity contribution < 1.29 is 23.9 Å². The summed E-state index contributed by atoms with van der Waals surface area (Å²) in [5, 5.41) is 2.70. The summed E-state index contributed by atoms with van der Waals surface area (Å²) in [6.07, 6.45) is 2.02. The Morgan fingerprint density at radius 2 is 1.97 bits per heavy atom. The number of amides is 3. The number of carbonyl (C=O) groups is 4. The lowest BCUT2D eigenvalue weighted by molar-refractivity contribution is -0.160. The molecule has 3 amide bonds. The maximum atomic E-state index is 13.3. The lowest BCUT2D eigenvalue weighted by Crippen LogP contribution is -2.69. The molecule has 1 saturated heterocycles. The number of fused-ring (bicyclic) bond motifs is 3. The average molecular weight is 415 g/mol. The van der Waals surface area contributed by atoms with Crippen molar-refractivity contribution in [3.8, 4) is 0 Å². The minimum Gasteiger partial charge on any atom is -0.452 e. The van der Waals surface area contributed by atoms with Gasteiger partial charge in [-0.3, -0.25) is 19.3 Å². The van der Waals surface area contributed by atoms with Crippen LogP contribution in [0.1, 0.15) is 56.8 Å². The van der Waals surface area contributed by atoms with Crippen molar-refractivity contribution in [2.75, 3.05) is 24.6 Å². The highest BCUT2D eigenvalue weighted by atomic mass is 16.5. The van der Waals surface area contributed by atoms with Crippen molar-refractivity contribution in [1.29, 1.82) is 0 Å². The summed E-state index contributed by atoms with van der Waals surface area (Å²) in [7, 11) is 0. The molecule has 162 valence electrons. The summed E-state index contributed by atoms with van der Waals surface area (Å²) in [6, 6.07) is 6.79. The van der Waals surface area contributed by atoms with Gasteiger partial charge in [-0.15, -0.1) is 0 Å². The molecule has 2 aliphatic heterocycles. The first kappa shape index (κ1) is 21.8.